The summed E-state index contributed by atoms with van der Waals surface area (Å²) in [6.07, 6.45) is 0.227. The summed E-state index contributed by atoms with van der Waals surface area (Å²) < 4.78 is 76.2. The maximum atomic E-state index is 10.7. The predicted octanol–water partition coefficient (Wildman–Crippen LogP) is 1.40. The molecule has 1 rings (SSSR count). The molecule has 0 aliphatic heterocycles. The molecular weight excluding hydrogens is 376 g/mol. The normalized spacial score (nSPS) is 12.0. The van der Waals surface area contributed by atoms with Crippen LogP contribution in [0, 0.1) is 0 Å². The second kappa shape index (κ2) is 9.80. The lowest BCUT2D eigenvalue weighted by Gasteiger charge is -2.12. The molecule has 0 unspecified atom stereocenters. The highest BCUT2D eigenvalue weighted by atomic mass is 32.2. The molecule has 11 heteroatoms. The molecular formula is C14H22O9S2. The summed E-state index contributed by atoms with van der Waals surface area (Å²) in [4.78, 5) is 0. The fraction of sp³-hybridized carbons (Fsp3) is 0.571. The van der Waals surface area contributed by atoms with E-state index >= 15 is 0 Å². The van der Waals surface area contributed by atoms with Crippen LogP contribution in [-0.4, -0.2) is 57.3 Å². The molecule has 2 N–H and O–H groups in total. The summed E-state index contributed by atoms with van der Waals surface area (Å²) in [6.45, 7) is 2.34. The van der Waals surface area contributed by atoms with Gasteiger partial charge in [0.2, 0.25) is 0 Å². The highest BCUT2D eigenvalue weighted by Crippen LogP contribution is 2.28. The van der Waals surface area contributed by atoms with Crippen molar-refractivity contribution in [2.75, 3.05) is 31.3 Å². The van der Waals surface area contributed by atoms with Gasteiger partial charge in [-0.25, -0.2) is 0 Å². The average Bonchev–Trinajstić information content (AvgIpc) is 2.47. The third-order valence-corrected chi connectivity index (χ3v) is 4.40. The fourth-order valence-corrected chi connectivity index (χ4v) is 2.79. The van der Waals surface area contributed by atoms with Gasteiger partial charge in [0.05, 0.1) is 31.3 Å². The van der Waals surface area contributed by atoms with Crippen LogP contribution in [0.5, 0.6) is 17.2 Å². The number of hydrogen-bond acceptors (Lipinski definition) is 7. The molecule has 0 spiro atoms. The van der Waals surface area contributed by atoms with E-state index in [-0.39, 0.29) is 26.1 Å². The predicted molar refractivity (Wildman–Crippen MR) is 90.7 cm³/mol. The van der Waals surface area contributed by atoms with Gasteiger partial charge in [-0.15, -0.1) is 0 Å². The Balaban J connectivity index is 2.63. The van der Waals surface area contributed by atoms with E-state index in [4.69, 9.17) is 23.3 Å². The van der Waals surface area contributed by atoms with Crippen LogP contribution in [0.4, 0.5) is 0 Å². The molecule has 1 aromatic rings. The van der Waals surface area contributed by atoms with Gasteiger partial charge in [0.15, 0.2) is 0 Å². The molecule has 144 valence electrons. The topological polar surface area (TPSA) is 136 Å². The zero-order valence-electron chi connectivity index (χ0n) is 13.8. The molecule has 0 saturated carbocycles. The molecule has 0 fully saturated rings. The zero-order valence-corrected chi connectivity index (χ0v) is 15.4. The van der Waals surface area contributed by atoms with Crippen LogP contribution in [0.1, 0.15) is 19.8 Å². The van der Waals surface area contributed by atoms with Crippen LogP contribution < -0.4 is 14.2 Å². The summed E-state index contributed by atoms with van der Waals surface area (Å²) in [5.74, 6) is 0.422. The maximum absolute atomic E-state index is 10.7. The van der Waals surface area contributed by atoms with Gasteiger partial charge in [-0.1, -0.05) is 0 Å². The van der Waals surface area contributed by atoms with E-state index in [2.05, 4.69) is 0 Å². The third-order valence-electron chi connectivity index (χ3n) is 2.80. The minimum absolute atomic E-state index is 0.0670. The molecule has 0 bridgehead atoms. The van der Waals surface area contributed by atoms with Crippen molar-refractivity contribution in [2.24, 2.45) is 0 Å². The monoisotopic (exact) mass is 398 g/mol. The Kier molecular flexibility index (Phi) is 8.42. The Morgan fingerprint density at radius 3 is 1.44 bits per heavy atom. The lowest BCUT2D eigenvalue weighted by molar-refractivity contribution is 0.290. The molecule has 0 saturated heterocycles. The average molecular weight is 398 g/mol. The minimum Gasteiger partial charge on any atom is -0.494 e. The molecule has 0 aromatic heterocycles. The van der Waals surface area contributed by atoms with E-state index in [9.17, 15) is 16.8 Å². The van der Waals surface area contributed by atoms with Crippen LogP contribution in [0.15, 0.2) is 18.2 Å². The van der Waals surface area contributed by atoms with Crippen molar-refractivity contribution in [2.45, 2.75) is 19.8 Å². The highest BCUT2D eigenvalue weighted by molar-refractivity contribution is 7.86. The van der Waals surface area contributed by atoms with Crippen LogP contribution >= 0.6 is 0 Å². The first-order valence-electron chi connectivity index (χ1n) is 7.53. The van der Waals surface area contributed by atoms with Crippen LogP contribution in [0.3, 0.4) is 0 Å². The van der Waals surface area contributed by atoms with Gasteiger partial charge < -0.3 is 14.2 Å². The molecule has 0 radical (unpaired) electrons. The lowest BCUT2D eigenvalue weighted by Crippen LogP contribution is -2.09. The van der Waals surface area contributed by atoms with Crippen molar-refractivity contribution >= 4 is 20.2 Å². The van der Waals surface area contributed by atoms with Crippen molar-refractivity contribution < 1.29 is 40.2 Å². The molecule has 0 atom stereocenters. The lowest BCUT2D eigenvalue weighted by atomic mass is 10.3. The summed E-state index contributed by atoms with van der Waals surface area (Å²) in [7, 11) is -8.06. The SMILES string of the molecule is CCOc1cc(OCCCS(=O)(=O)O)cc(OCCCS(=O)(=O)O)c1. The van der Waals surface area contributed by atoms with E-state index in [1.807, 2.05) is 0 Å². The van der Waals surface area contributed by atoms with Gasteiger partial charge in [-0.3, -0.25) is 9.11 Å². The van der Waals surface area contributed by atoms with Gasteiger partial charge in [-0.2, -0.15) is 16.8 Å². The first kappa shape index (κ1) is 21.5. The fourth-order valence-electron chi connectivity index (χ4n) is 1.82. The maximum Gasteiger partial charge on any atom is 0.264 e. The molecule has 0 aliphatic carbocycles. The van der Waals surface area contributed by atoms with E-state index in [0.29, 0.717) is 23.9 Å². The van der Waals surface area contributed by atoms with Crippen molar-refractivity contribution in [3.05, 3.63) is 18.2 Å². The second-order valence-electron chi connectivity index (χ2n) is 5.05. The molecule has 0 heterocycles. The van der Waals surface area contributed by atoms with Crippen LogP contribution in [0.2, 0.25) is 0 Å². The molecule has 25 heavy (non-hydrogen) atoms. The summed E-state index contributed by atoms with van der Waals surface area (Å²) in [5.41, 5.74) is 0. The molecule has 0 amide bonds. The van der Waals surface area contributed by atoms with E-state index in [1.54, 1.807) is 25.1 Å². The first-order chi connectivity index (χ1) is 11.6. The van der Waals surface area contributed by atoms with E-state index < -0.39 is 31.7 Å². The smallest absolute Gasteiger partial charge is 0.264 e. The van der Waals surface area contributed by atoms with Crippen molar-refractivity contribution in [3.63, 3.8) is 0 Å². The Bertz CT molecular complexity index is 683. The third kappa shape index (κ3) is 10.8. The summed E-state index contributed by atoms with van der Waals surface area (Å²) in [5, 5.41) is 0. The van der Waals surface area contributed by atoms with Gasteiger partial charge in [0, 0.05) is 18.2 Å². The quantitative estimate of drug-likeness (QED) is 0.395. The molecule has 1 aromatic carbocycles. The van der Waals surface area contributed by atoms with Crippen molar-refractivity contribution in [3.8, 4) is 17.2 Å². The Morgan fingerprint density at radius 2 is 1.12 bits per heavy atom. The second-order valence-corrected chi connectivity index (χ2v) is 8.19. The highest BCUT2D eigenvalue weighted by Gasteiger charge is 2.08. The van der Waals surface area contributed by atoms with Crippen molar-refractivity contribution in [1.82, 2.24) is 0 Å². The largest absolute Gasteiger partial charge is 0.494 e. The number of hydrogen-bond donors (Lipinski definition) is 2. The number of ether oxygens (including phenoxy) is 3. The molecule has 0 aliphatic rings. The Hall–Kier alpha value is -1.56. The van der Waals surface area contributed by atoms with Gasteiger partial charge in [0.25, 0.3) is 20.2 Å². The van der Waals surface area contributed by atoms with Crippen molar-refractivity contribution in [1.29, 1.82) is 0 Å². The first-order valence-corrected chi connectivity index (χ1v) is 10.7. The summed E-state index contributed by atoms with van der Waals surface area (Å²) >= 11 is 0. The minimum atomic E-state index is -4.03. The standard InChI is InChI=1S/C14H22O9S2/c1-2-21-12-9-13(22-5-3-7-24(15,16)17)11-14(10-12)23-6-4-8-25(18,19)20/h9-11H,2-8H2,1H3,(H,15,16,17)(H,18,19,20). The zero-order chi connectivity index (χ0) is 18.9. The van der Waals surface area contributed by atoms with Gasteiger partial charge >= 0.3 is 0 Å². The Morgan fingerprint density at radius 1 is 0.760 bits per heavy atom. The van der Waals surface area contributed by atoms with E-state index in [1.165, 1.54) is 0 Å². The summed E-state index contributed by atoms with van der Waals surface area (Å²) in [6, 6.07) is 4.74. The molecule has 9 nitrogen and oxygen atoms in total. The van der Waals surface area contributed by atoms with Gasteiger partial charge in [0.1, 0.15) is 17.2 Å². The van der Waals surface area contributed by atoms with Crippen LogP contribution in [-0.2, 0) is 20.2 Å². The van der Waals surface area contributed by atoms with E-state index in [0.717, 1.165) is 0 Å². The van der Waals surface area contributed by atoms with Crippen LogP contribution in [0.25, 0.3) is 0 Å². The number of rotatable bonds is 12. The Labute approximate surface area is 147 Å². The van der Waals surface area contributed by atoms with Gasteiger partial charge in [-0.05, 0) is 19.8 Å². The number of benzene rings is 1.